The Kier molecular flexibility index (Phi) is 5.05. The highest BCUT2D eigenvalue weighted by atomic mass is 14.9. The van der Waals surface area contributed by atoms with Crippen LogP contribution in [0.5, 0.6) is 0 Å². The fourth-order valence-electron chi connectivity index (χ4n) is 5.06. The number of rotatable bonds is 3. The molecule has 0 bridgehead atoms. The predicted molar refractivity (Wildman–Crippen MR) is 127 cm³/mol. The molecule has 0 atom stereocenters. The molecule has 0 saturated heterocycles. The van der Waals surface area contributed by atoms with E-state index in [0.717, 1.165) is 17.0 Å². The zero-order valence-corrected chi connectivity index (χ0v) is 18.9. The zero-order valence-electron chi connectivity index (χ0n) is 18.9. The Balaban J connectivity index is 1.52. The van der Waals surface area contributed by atoms with Crippen molar-refractivity contribution in [3.63, 3.8) is 0 Å². The van der Waals surface area contributed by atoms with Gasteiger partial charge >= 0.3 is 0 Å². The van der Waals surface area contributed by atoms with Crippen molar-refractivity contribution in [2.24, 2.45) is 7.05 Å². The molecule has 0 radical (unpaired) electrons. The molecule has 31 heavy (non-hydrogen) atoms. The predicted octanol–water partition coefficient (Wildman–Crippen LogP) is 6.37. The third-order valence-electron chi connectivity index (χ3n) is 7.00. The van der Waals surface area contributed by atoms with Gasteiger partial charge in [-0.15, -0.1) is 0 Å². The minimum absolute atomic E-state index is 0.601. The van der Waals surface area contributed by atoms with Gasteiger partial charge in [-0.2, -0.15) is 4.57 Å². The third-order valence-corrected chi connectivity index (χ3v) is 7.00. The molecule has 5 rings (SSSR count). The van der Waals surface area contributed by atoms with E-state index in [0.29, 0.717) is 5.92 Å². The molecule has 0 spiro atoms. The van der Waals surface area contributed by atoms with Gasteiger partial charge in [-0.1, -0.05) is 24.5 Å². The highest BCUT2D eigenvalue weighted by Crippen LogP contribution is 2.33. The molecule has 4 aromatic rings. The second-order valence-electron chi connectivity index (χ2n) is 9.11. The summed E-state index contributed by atoms with van der Waals surface area (Å²) in [7, 11) is 2.16. The van der Waals surface area contributed by atoms with Gasteiger partial charge in [0.05, 0.1) is 17.6 Å². The molecule has 3 heteroatoms. The van der Waals surface area contributed by atoms with Gasteiger partial charge in [0.1, 0.15) is 7.05 Å². The molecule has 0 aliphatic heterocycles. The number of aromatic nitrogens is 3. The van der Waals surface area contributed by atoms with Gasteiger partial charge in [0.25, 0.3) is 0 Å². The third kappa shape index (κ3) is 3.63. The number of pyridine rings is 1. The van der Waals surface area contributed by atoms with Crippen LogP contribution in [0.15, 0.2) is 54.9 Å². The van der Waals surface area contributed by atoms with Gasteiger partial charge < -0.3 is 0 Å². The molecule has 3 nitrogen and oxygen atoms in total. The summed E-state index contributed by atoms with van der Waals surface area (Å²) in [5, 5.41) is 1.22. The maximum absolute atomic E-state index is 4.75. The Bertz CT molecular complexity index is 1270. The summed E-state index contributed by atoms with van der Waals surface area (Å²) in [5.74, 6) is 0.601. The lowest BCUT2D eigenvalue weighted by atomic mass is 9.96. The lowest BCUT2D eigenvalue weighted by molar-refractivity contribution is -0.633. The van der Waals surface area contributed by atoms with Crippen LogP contribution in [-0.4, -0.2) is 9.97 Å². The Hall–Kier alpha value is -3.07. The van der Waals surface area contributed by atoms with Crippen LogP contribution in [0.4, 0.5) is 0 Å². The highest BCUT2D eigenvalue weighted by Gasteiger charge is 2.20. The molecule has 2 heterocycles. The lowest BCUT2D eigenvalue weighted by Crippen LogP contribution is -2.32. The van der Waals surface area contributed by atoms with Crippen LogP contribution < -0.4 is 4.57 Å². The Morgan fingerprint density at radius 3 is 2.42 bits per heavy atom. The van der Waals surface area contributed by atoms with Crippen LogP contribution >= 0.6 is 0 Å². The largest absolute Gasteiger partial charge is 0.257 e. The van der Waals surface area contributed by atoms with Crippen LogP contribution in [0.25, 0.3) is 33.4 Å². The van der Waals surface area contributed by atoms with Crippen molar-refractivity contribution in [1.29, 1.82) is 0 Å². The van der Waals surface area contributed by atoms with Gasteiger partial charge in [0, 0.05) is 40.8 Å². The topological polar surface area (TPSA) is 29.7 Å². The van der Waals surface area contributed by atoms with Crippen molar-refractivity contribution in [3.8, 4) is 22.5 Å². The number of fused-ring (bicyclic) bond motifs is 1. The van der Waals surface area contributed by atoms with Crippen LogP contribution in [0.1, 0.15) is 54.0 Å². The summed E-state index contributed by atoms with van der Waals surface area (Å²) in [5.41, 5.74) is 11.0. The van der Waals surface area contributed by atoms with Gasteiger partial charge in [0.2, 0.25) is 11.2 Å². The molecule has 2 aromatic carbocycles. The van der Waals surface area contributed by atoms with Gasteiger partial charge in [-0.3, -0.25) is 9.97 Å². The summed E-state index contributed by atoms with van der Waals surface area (Å²) in [6.07, 6.45) is 9.08. The van der Waals surface area contributed by atoms with E-state index in [1.165, 1.54) is 64.5 Å². The van der Waals surface area contributed by atoms with Crippen molar-refractivity contribution in [2.75, 3.05) is 0 Å². The molecule has 2 aromatic heterocycles. The molecule has 156 valence electrons. The van der Waals surface area contributed by atoms with Crippen molar-refractivity contribution in [1.82, 2.24) is 9.97 Å². The average Bonchev–Trinajstić information content (AvgIpc) is 3.32. The standard InChI is InChI=1S/C28H30N3/c1-18-13-19(2)20(3)24(14-18)28-12-10-23-15-22(9-11-27(23)31(28)4)26-17-29-25(16-30-26)21-7-5-6-8-21/h9-17,21H,5-8H2,1-4H3/q+1. The van der Waals surface area contributed by atoms with Crippen LogP contribution in [-0.2, 0) is 7.05 Å². The summed E-state index contributed by atoms with van der Waals surface area (Å²) in [4.78, 5) is 9.50. The van der Waals surface area contributed by atoms with E-state index in [-0.39, 0.29) is 0 Å². The first-order chi connectivity index (χ1) is 15.0. The van der Waals surface area contributed by atoms with E-state index in [4.69, 9.17) is 9.97 Å². The molecule has 1 fully saturated rings. The van der Waals surface area contributed by atoms with Gasteiger partial charge in [-0.25, -0.2) is 0 Å². The Morgan fingerprint density at radius 2 is 1.68 bits per heavy atom. The Morgan fingerprint density at radius 1 is 0.871 bits per heavy atom. The van der Waals surface area contributed by atoms with E-state index in [9.17, 15) is 0 Å². The maximum Gasteiger partial charge on any atom is 0.213 e. The van der Waals surface area contributed by atoms with E-state index in [2.05, 4.69) is 74.9 Å². The first-order valence-corrected chi connectivity index (χ1v) is 11.3. The van der Waals surface area contributed by atoms with Crippen molar-refractivity contribution in [2.45, 2.75) is 52.4 Å². The monoisotopic (exact) mass is 408 g/mol. The minimum atomic E-state index is 0.601. The number of aryl methyl sites for hydroxylation is 3. The summed E-state index contributed by atoms with van der Waals surface area (Å²) >= 11 is 0. The normalized spacial score (nSPS) is 14.5. The fraction of sp³-hybridized carbons (Fsp3) is 0.321. The molecular weight excluding hydrogens is 378 g/mol. The summed E-state index contributed by atoms with van der Waals surface area (Å²) in [6.45, 7) is 6.58. The van der Waals surface area contributed by atoms with Crippen LogP contribution in [0.3, 0.4) is 0 Å². The number of nitrogens with zero attached hydrogens (tertiary/aromatic N) is 3. The SMILES string of the molecule is Cc1cc(C)c(C)c(-c2ccc3cc(-c4cnc(C5CCCC5)cn4)ccc3[n+]2C)c1. The molecule has 1 aliphatic carbocycles. The van der Waals surface area contributed by atoms with Crippen molar-refractivity contribution in [3.05, 3.63) is 77.2 Å². The van der Waals surface area contributed by atoms with E-state index < -0.39 is 0 Å². The maximum atomic E-state index is 4.75. The number of benzene rings is 2. The van der Waals surface area contributed by atoms with E-state index in [1.54, 1.807) is 0 Å². The van der Waals surface area contributed by atoms with E-state index >= 15 is 0 Å². The number of hydrogen-bond acceptors (Lipinski definition) is 2. The zero-order chi connectivity index (χ0) is 21.5. The molecular formula is C28H30N3+. The van der Waals surface area contributed by atoms with Crippen molar-refractivity contribution >= 4 is 10.9 Å². The summed E-state index contributed by atoms with van der Waals surface area (Å²) in [6, 6.07) is 15.6. The molecule has 1 aliphatic rings. The number of hydrogen-bond donors (Lipinski definition) is 0. The van der Waals surface area contributed by atoms with E-state index in [1.807, 2.05) is 12.4 Å². The lowest BCUT2D eigenvalue weighted by Gasteiger charge is -2.11. The molecule has 0 amide bonds. The van der Waals surface area contributed by atoms with Crippen LogP contribution in [0.2, 0.25) is 0 Å². The smallest absolute Gasteiger partial charge is 0.213 e. The van der Waals surface area contributed by atoms with Gasteiger partial charge in [0.15, 0.2) is 0 Å². The van der Waals surface area contributed by atoms with Gasteiger partial charge in [-0.05, 0) is 69.0 Å². The second-order valence-corrected chi connectivity index (χ2v) is 9.11. The highest BCUT2D eigenvalue weighted by molar-refractivity contribution is 5.83. The quantitative estimate of drug-likeness (QED) is 0.369. The minimum Gasteiger partial charge on any atom is -0.257 e. The second kappa shape index (κ2) is 7.88. The fourth-order valence-corrected chi connectivity index (χ4v) is 5.06. The molecule has 1 saturated carbocycles. The van der Waals surface area contributed by atoms with Crippen molar-refractivity contribution < 1.29 is 4.57 Å². The Labute approximate surface area is 184 Å². The van der Waals surface area contributed by atoms with Crippen LogP contribution in [0, 0.1) is 20.8 Å². The molecule has 0 unspecified atom stereocenters. The first-order valence-electron chi connectivity index (χ1n) is 11.3. The summed E-state index contributed by atoms with van der Waals surface area (Å²) < 4.78 is 2.30. The average molecular weight is 409 g/mol. The molecule has 0 N–H and O–H groups in total. The first kappa shape index (κ1) is 19.9.